The van der Waals surface area contributed by atoms with E-state index in [9.17, 15) is 4.79 Å². The molecule has 1 aliphatic heterocycles. The fraction of sp³-hybridized carbons (Fsp3) is 0.412. The molecule has 0 unspecified atom stereocenters. The molecule has 0 spiro atoms. The van der Waals surface area contributed by atoms with Crippen molar-refractivity contribution in [3.05, 3.63) is 38.8 Å². The van der Waals surface area contributed by atoms with Gasteiger partial charge < -0.3 is 9.64 Å². The molecule has 25 heavy (non-hydrogen) atoms. The average Bonchev–Trinajstić information content (AvgIpc) is 3.16. The summed E-state index contributed by atoms with van der Waals surface area (Å²) in [5.74, 6) is 0.840. The maximum Gasteiger partial charge on any atom is 0.221 e. The van der Waals surface area contributed by atoms with Gasteiger partial charge in [0, 0.05) is 30.5 Å². The molecule has 0 aliphatic carbocycles. The van der Waals surface area contributed by atoms with Crippen LogP contribution in [0, 0.1) is 0 Å². The van der Waals surface area contributed by atoms with E-state index in [1.54, 1.807) is 11.8 Å². The van der Waals surface area contributed by atoms with Crippen molar-refractivity contribution in [3.63, 3.8) is 0 Å². The number of benzene rings is 1. The number of nitrogens with zero attached hydrogens (tertiary/aromatic N) is 2. The maximum atomic E-state index is 12.5. The summed E-state index contributed by atoms with van der Waals surface area (Å²) in [4.78, 5) is 20.1. The first-order valence-electron chi connectivity index (χ1n) is 8.09. The number of aromatic nitrogens is 1. The second-order valence-corrected chi connectivity index (χ2v) is 15.4. The van der Waals surface area contributed by atoms with E-state index in [2.05, 4.69) is 45.5 Å². The zero-order valence-electron chi connectivity index (χ0n) is 14.5. The molecule has 8 heteroatoms. The highest BCUT2D eigenvalue weighted by atomic mass is 79.9. The van der Waals surface area contributed by atoms with Crippen LogP contribution < -0.4 is 4.90 Å². The zero-order valence-corrected chi connectivity index (χ0v) is 18.8. The summed E-state index contributed by atoms with van der Waals surface area (Å²) in [5, 5.41) is 2.34. The first kappa shape index (κ1) is 19.1. The molecule has 134 valence electrons. The van der Waals surface area contributed by atoms with Crippen LogP contribution in [-0.4, -0.2) is 38.1 Å². The normalized spacial score (nSPS) is 14.0. The molecule has 4 nitrogen and oxygen atoms in total. The molecule has 1 aromatic carbocycles. The number of fused-ring (bicyclic) bond motifs is 1. The molecule has 0 N–H and O–H groups in total. The number of thiazole rings is 1. The smallest absolute Gasteiger partial charge is 0.221 e. The number of halogens is 1. The van der Waals surface area contributed by atoms with E-state index < -0.39 is 8.07 Å². The van der Waals surface area contributed by atoms with Crippen LogP contribution in [-0.2, 0) is 4.74 Å². The van der Waals surface area contributed by atoms with Crippen LogP contribution in [0.1, 0.15) is 15.4 Å². The lowest BCUT2D eigenvalue weighted by Crippen LogP contribution is -2.26. The lowest BCUT2D eigenvalue weighted by atomic mass is 10.1. The van der Waals surface area contributed by atoms with Gasteiger partial charge >= 0.3 is 0 Å². The molecule has 0 atom stereocenters. The van der Waals surface area contributed by atoms with Gasteiger partial charge in [-0.15, -0.1) is 23.1 Å². The molecule has 3 rings (SSSR count). The third-order valence-corrected chi connectivity index (χ3v) is 8.19. The molecular formula is C17H21BrN2O2S2Si. The molecule has 0 radical (unpaired) electrons. The van der Waals surface area contributed by atoms with E-state index in [-0.39, 0.29) is 5.78 Å². The first-order valence-corrected chi connectivity index (χ1v) is 14.5. The molecule has 0 saturated heterocycles. The summed E-state index contributed by atoms with van der Waals surface area (Å²) in [6, 6.07) is 7.06. The second kappa shape index (κ2) is 7.92. The molecular weight excluding hydrogens is 436 g/mol. The Bertz CT molecular complexity index is 776. The summed E-state index contributed by atoms with van der Waals surface area (Å²) >= 11 is 6.41. The van der Waals surface area contributed by atoms with Crippen molar-refractivity contribution in [2.24, 2.45) is 0 Å². The van der Waals surface area contributed by atoms with Gasteiger partial charge in [0.05, 0.1) is 11.6 Å². The summed E-state index contributed by atoms with van der Waals surface area (Å²) in [5.41, 5.74) is 1.84. The van der Waals surface area contributed by atoms with Crippen LogP contribution in [0.25, 0.3) is 0 Å². The third kappa shape index (κ3) is 4.94. The quantitative estimate of drug-likeness (QED) is 0.320. The van der Waals surface area contributed by atoms with Crippen molar-refractivity contribution < 1.29 is 9.53 Å². The minimum Gasteiger partial charge on any atom is -0.361 e. The molecule has 1 aromatic heterocycles. The number of carbonyl (C=O) groups is 1. The van der Waals surface area contributed by atoms with E-state index in [0.717, 1.165) is 23.1 Å². The number of anilines is 1. The highest BCUT2D eigenvalue weighted by molar-refractivity contribution is 9.10. The number of hydrogen-bond donors (Lipinski definition) is 0. The van der Waals surface area contributed by atoms with Crippen molar-refractivity contribution in [3.8, 4) is 0 Å². The van der Waals surface area contributed by atoms with Gasteiger partial charge in [0.15, 0.2) is 5.01 Å². The molecule has 0 bridgehead atoms. The lowest BCUT2D eigenvalue weighted by molar-refractivity contribution is 0.103. The highest BCUT2D eigenvalue weighted by Gasteiger charge is 2.23. The molecule has 1 aliphatic rings. The number of thioether (sulfide) groups is 1. The monoisotopic (exact) mass is 456 g/mol. The van der Waals surface area contributed by atoms with Crippen molar-refractivity contribution in [1.29, 1.82) is 0 Å². The van der Waals surface area contributed by atoms with Crippen molar-refractivity contribution in [2.45, 2.75) is 30.6 Å². The number of ether oxygens (including phenoxy) is 1. The Hall–Kier alpha value is -0.673. The minimum absolute atomic E-state index is 0.0241. The summed E-state index contributed by atoms with van der Waals surface area (Å²) in [6.45, 7) is 8.50. The predicted octanol–water partition coefficient (Wildman–Crippen LogP) is 5.32. The highest BCUT2D eigenvalue weighted by Crippen LogP contribution is 2.39. The van der Waals surface area contributed by atoms with E-state index >= 15 is 0 Å². The van der Waals surface area contributed by atoms with Gasteiger partial charge in [-0.1, -0.05) is 19.6 Å². The minimum atomic E-state index is -1.05. The van der Waals surface area contributed by atoms with Crippen LogP contribution in [0.3, 0.4) is 0 Å². The Morgan fingerprint density at radius 3 is 2.88 bits per heavy atom. The van der Waals surface area contributed by atoms with Crippen molar-refractivity contribution >= 4 is 58.6 Å². The van der Waals surface area contributed by atoms with Gasteiger partial charge in [-0.05, 0) is 40.2 Å². The number of rotatable bonds is 7. The second-order valence-electron chi connectivity index (χ2n) is 7.15. The van der Waals surface area contributed by atoms with Crippen LogP contribution in [0.2, 0.25) is 25.7 Å². The van der Waals surface area contributed by atoms with Gasteiger partial charge in [0.2, 0.25) is 5.78 Å². The zero-order chi connectivity index (χ0) is 18.0. The first-order chi connectivity index (χ1) is 11.8. The Kier molecular flexibility index (Phi) is 6.05. The van der Waals surface area contributed by atoms with E-state index in [1.807, 2.05) is 23.6 Å². The standard InChI is InChI=1S/C17H21BrN2O2S2Si/c1-25(2,3)7-6-22-10-20-11-24-14-8-12(4-5-13(14)20)16(21)17-19-15(18)9-23-17/h4-5,8-9H,6-7,10-11H2,1-3H3. The lowest BCUT2D eigenvalue weighted by Gasteiger charge is -2.20. The van der Waals surface area contributed by atoms with Crippen LogP contribution >= 0.6 is 39.0 Å². The Morgan fingerprint density at radius 2 is 2.20 bits per heavy atom. The summed E-state index contributed by atoms with van der Waals surface area (Å²) < 4.78 is 6.57. The van der Waals surface area contributed by atoms with Crippen LogP contribution in [0.15, 0.2) is 33.1 Å². The molecule has 0 saturated carbocycles. The van der Waals surface area contributed by atoms with Gasteiger partial charge in [-0.2, -0.15) is 0 Å². The maximum absolute atomic E-state index is 12.5. The Balaban J connectivity index is 1.63. The fourth-order valence-corrected chi connectivity index (χ4v) is 5.42. The van der Waals surface area contributed by atoms with Crippen LogP contribution in [0.4, 0.5) is 5.69 Å². The number of hydrogen-bond acceptors (Lipinski definition) is 6. The predicted molar refractivity (Wildman–Crippen MR) is 112 cm³/mol. The van der Waals surface area contributed by atoms with Crippen molar-refractivity contribution in [2.75, 3.05) is 24.1 Å². The average molecular weight is 457 g/mol. The Labute approximate surface area is 166 Å². The summed E-state index contributed by atoms with van der Waals surface area (Å²) in [6.07, 6.45) is 0. The van der Waals surface area contributed by atoms with E-state index in [4.69, 9.17) is 4.74 Å². The largest absolute Gasteiger partial charge is 0.361 e. The van der Waals surface area contributed by atoms with Crippen molar-refractivity contribution in [1.82, 2.24) is 4.98 Å². The SMILES string of the molecule is C[Si](C)(C)CCOCN1CSc2cc(C(=O)c3nc(Br)cs3)ccc21. The molecule has 0 amide bonds. The molecule has 2 aromatic rings. The van der Waals surface area contributed by atoms with Gasteiger partial charge in [0.25, 0.3) is 0 Å². The third-order valence-electron chi connectivity index (χ3n) is 3.85. The number of carbonyl (C=O) groups excluding carboxylic acids is 1. The van der Waals surface area contributed by atoms with Crippen LogP contribution in [0.5, 0.6) is 0 Å². The fourth-order valence-electron chi connectivity index (χ4n) is 2.39. The van der Waals surface area contributed by atoms with E-state index in [1.165, 1.54) is 17.4 Å². The summed E-state index contributed by atoms with van der Waals surface area (Å²) in [7, 11) is -1.05. The molecule has 0 fully saturated rings. The molecule has 2 heterocycles. The van der Waals surface area contributed by atoms with Gasteiger partial charge in [-0.25, -0.2) is 4.98 Å². The van der Waals surface area contributed by atoms with Gasteiger partial charge in [-0.3, -0.25) is 4.79 Å². The van der Waals surface area contributed by atoms with E-state index in [0.29, 0.717) is 21.9 Å². The van der Waals surface area contributed by atoms with Gasteiger partial charge in [0.1, 0.15) is 11.3 Å². The Morgan fingerprint density at radius 1 is 1.40 bits per heavy atom. The topological polar surface area (TPSA) is 42.4 Å². The number of ketones is 1.